The van der Waals surface area contributed by atoms with E-state index in [9.17, 15) is 0 Å². The summed E-state index contributed by atoms with van der Waals surface area (Å²) in [6.07, 6.45) is 13.4. The number of rotatable bonds is 10. The van der Waals surface area contributed by atoms with Crippen molar-refractivity contribution in [1.29, 1.82) is 0 Å². The van der Waals surface area contributed by atoms with E-state index in [2.05, 4.69) is 163 Å². The zero-order valence-electron chi connectivity index (χ0n) is 37.9. The molecule has 0 saturated carbocycles. The minimum atomic E-state index is -0.679. The van der Waals surface area contributed by atoms with Gasteiger partial charge in [-0.15, -0.1) is 6.42 Å². The molecule has 2 nitrogen and oxygen atoms in total. The third kappa shape index (κ3) is 7.11. The number of benzene rings is 8. The third-order valence-electron chi connectivity index (χ3n) is 13.9. The van der Waals surface area contributed by atoms with Gasteiger partial charge in [0.1, 0.15) is 26.9 Å². The number of nitrogens with zero attached hydrogens (tertiary/aromatic N) is 1. The van der Waals surface area contributed by atoms with Crippen molar-refractivity contribution < 1.29 is 4.42 Å². The molecule has 0 fully saturated rings. The Hall–Kier alpha value is -7.93. The van der Waals surface area contributed by atoms with Gasteiger partial charge >= 0.3 is 0 Å². The molecule has 5 heteroatoms. The van der Waals surface area contributed by atoms with Gasteiger partial charge in [-0.05, 0) is 124 Å². The van der Waals surface area contributed by atoms with Crippen molar-refractivity contribution in [2.24, 2.45) is 0 Å². The highest BCUT2D eigenvalue weighted by Crippen LogP contribution is 2.58. The van der Waals surface area contributed by atoms with Gasteiger partial charge in [0.2, 0.25) is 0 Å². The maximum absolute atomic E-state index is 7.59. The molecular formula is C63H44B3NO. The number of para-hydroxylation sites is 1. The lowest BCUT2D eigenvalue weighted by atomic mass is 9.65. The second-order valence-corrected chi connectivity index (χ2v) is 17.7. The summed E-state index contributed by atoms with van der Waals surface area (Å²) in [5, 5.41) is 1.91. The molecule has 0 saturated heterocycles. The van der Waals surface area contributed by atoms with Crippen molar-refractivity contribution in [3.05, 3.63) is 251 Å². The van der Waals surface area contributed by atoms with Crippen LogP contribution in [0, 0.1) is 12.3 Å². The van der Waals surface area contributed by atoms with Crippen LogP contribution in [0.25, 0.3) is 66.5 Å². The third-order valence-corrected chi connectivity index (χ3v) is 13.9. The molecule has 11 rings (SSSR count). The van der Waals surface area contributed by atoms with Crippen LogP contribution in [0.4, 0.5) is 11.4 Å². The van der Waals surface area contributed by atoms with Crippen molar-refractivity contribution in [3.63, 3.8) is 0 Å². The highest BCUT2D eigenvalue weighted by atomic mass is 16.3. The Morgan fingerprint density at radius 2 is 1.16 bits per heavy atom. The Kier molecular flexibility index (Phi) is 11.1. The summed E-state index contributed by atoms with van der Waals surface area (Å²) < 4.78 is 7.01. The van der Waals surface area contributed by atoms with Crippen LogP contribution in [0.2, 0.25) is 6.32 Å². The summed E-state index contributed by atoms with van der Waals surface area (Å²) in [7, 11) is 22.0. The van der Waals surface area contributed by atoms with Crippen molar-refractivity contribution in [3.8, 4) is 45.7 Å². The second kappa shape index (κ2) is 17.7. The zero-order chi connectivity index (χ0) is 46.4. The van der Waals surface area contributed by atoms with E-state index in [0.717, 1.165) is 85.1 Å². The normalized spacial score (nSPS) is 15.9. The molecule has 0 aliphatic heterocycles. The molecule has 1 aromatic heterocycles. The Labute approximate surface area is 403 Å². The fraction of sp³-hybridized carbons (Fsp3) is 0.0794. The first-order valence-corrected chi connectivity index (χ1v) is 23.2. The van der Waals surface area contributed by atoms with Crippen molar-refractivity contribution in [2.45, 2.75) is 31.5 Å². The van der Waals surface area contributed by atoms with Gasteiger partial charge in [0.05, 0.1) is 7.85 Å². The van der Waals surface area contributed by atoms with Gasteiger partial charge in [0.25, 0.3) is 0 Å². The average molecular weight is 863 g/mol. The van der Waals surface area contributed by atoms with Gasteiger partial charge in [0.15, 0.2) is 0 Å². The SMILES string of the molecule is [B]C/C(=C([B])\C([B])=C(/C#C)c1c(C2(C)C3=C(CCC=C3)c3ccccc32)c(-c2ccccc2)cc2c1oc1ccccc12)N(c1ccc(-c2ccccc2)cc1)c1ccc(-c2ccccc2)cc1. The molecule has 2 aliphatic carbocycles. The zero-order valence-corrected chi connectivity index (χ0v) is 37.9. The Morgan fingerprint density at radius 3 is 1.76 bits per heavy atom. The molecule has 1 unspecified atom stereocenters. The molecule has 9 aromatic rings. The number of terminal acetylenes is 1. The van der Waals surface area contributed by atoms with Crippen molar-refractivity contribution in [2.75, 3.05) is 4.90 Å². The number of fused-ring (bicyclic) bond motifs is 5. The van der Waals surface area contributed by atoms with Crippen molar-refractivity contribution in [1.82, 2.24) is 0 Å². The van der Waals surface area contributed by atoms with E-state index >= 15 is 0 Å². The molecule has 0 amide bonds. The molecule has 1 atom stereocenters. The Balaban J connectivity index is 1.20. The number of anilines is 2. The molecule has 8 aromatic carbocycles. The number of furan rings is 1. The Bertz CT molecular complexity index is 3470. The van der Waals surface area contributed by atoms with E-state index < -0.39 is 5.41 Å². The van der Waals surface area contributed by atoms with Crippen LogP contribution in [0.15, 0.2) is 233 Å². The lowest BCUT2D eigenvalue weighted by Gasteiger charge is -2.35. The second-order valence-electron chi connectivity index (χ2n) is 17.7. The first kappa shape index (κ1) is 42.7. The molecule has 316 valence electrons. The summed E-state index contributed by atoms with van der Waals surface area (Å²) in [5.41, 5.74) is 17.2. The molecule has 6 radical (unpaired) electrons. The summed E-state index contributed by atoms with van der Waals surface area (Å²) in [6.45, 7) is 2.33. The topological polar surface area (TPSA) is 16.4 Å². The first-order chi connectivity index (χ1) is 33.4. The minimum absolute atomic E-state index is 0.0500. The van der Waals surface area contributed by atoms with Gasteiger partial charge in [-0.2, -0.15) is 0 Å². The highest BCUT2D eigenvalue weighted by Gasteiger charge is 2.46. The van der Waals surface area contributed by atoms with Crippen LogP contribution in [0.5, 0.6) is 0 Å². The van der Waals surface area contributed by atoms with E-state index in [1.807, 2.05) is 60.7 Å². The van der Waals surface area contributed by atoms with Crippen LogP contribution >= 0.6 is 0 Å². The summed E-state index contributed by atoms with van der Waals surface area (Å²) in [5.74, 6) is 3.13. The van der Waals surface area contributed by atoms with Gasteiger partial charge in [-0.3, -0.25) is 0 Å². The predicted molar refractivity (Wildman–Crippen MR) is 288 cm³/mol. The fourth-order valence-electron chi connectivity index (χ4n) is 10.7. The van der Waals surface area contributed by atoms with Gasteiger partial charge in [-0.25, -0.2) is 0 Å². The molecule has 0 N–H and O–H groups in total. The summed E-state index contributed by atoms with van der Waals surface area (Å²) in [6, 6.07) is 67.3. The lowest BCUT2D eigenvalue weighted by molar-refractivity contribution is 0.659. The molecule has 68 heavy (non-hydrogen) atoms. The molecular weight excluding hydrogens is 819 g/mol. The Morgan fingerprint density at radius 1 is 0.618 bits per heavy atom. The molecule has 0 spiro atoms. The smallest absolute Gasteiger partial charge is 0.144 e. The molecule has 2 aliphatic rings. The average Bonchev–Trinajstić information content (AvgIpc) is 3.91. The van der Waals surface area contributed by atoms with Crippen LogP contribution in [0.1, 0.15) is 42.0 Å². The van der Waals surface area contributed by atoms with Gasteiger partial charge in [-0.1, -0.05) is 187 Å². The number of hydrogen-bond donors (Lipinski definition) is 0. The number of hydrogen-bond acceptors (Lipinski definition) is 2. The van der Waals surface area contributed by atoms with Gasteiger partial charge < -0.3 is 9.32 Å². The van der Waals surface area contributed by atoms with E-state index in [0.29, 0.717) is 16.9 Å². The quantitative estimate of drug-likeness (QED) is 0.0774. The standard InChI is InChI=1S/C63H44B3NO/c1-3-48(60(65)61(66)56(40-64)67(46-35-31-43(32-36-46)41-19-7-4-8-20-41)47-37-33-44(34-38-47)42-21-9-5-10-22-42)58-59(63(2)54-28-16-13-25-49(54)50-26-14-17-29-55(50)63)52(45-23-11-6-12-24-45)39-53-51-27-15-18-30-57(51)68-62(53)58/h1,4-13,15-25,27-39H,14,26,40H2,2H3/b60-48-,61-56-. The van der Waals surface area contributed by atoms with E-state index in [4.69, 9.17) is 34.4 Å². The van der Waals surface area contributed by atoms with Crippen LogP contribution in [-0.4, -0.2) is 23.5 Å². The van der Waals surface area contributed by atoms with E-state index in [1.54, 1.807) is 0 Å². The fourth-order valence-corrected chi connectivity index (χ4v) is 10.7. The lowest BCUT2D eigenvalue weighted by Crippen LogP contribution is -2.27. The monoisotopic (exact) mass is 863 g/mol. The number of allylic oxidation sites excluding steroid dienone is 8. The van der Waals surface area contributed by atoms with E-state index in [1.165, 1.54) is 22.3 Å². The summed E-state index contributed by atoms with van der Waals surface area (Å²) in [4.78, 5) is 2.09. The van der Waals surface area contributed by atoms with Crippen molar-refractivity contribution >= 4 is 68.0 Å². The maximum atomic E-state index is 7.59. The maximum Gasteiger partial charge on any atom is 0.144 e. The summed E-state index contributed by atoms with van der Waals surface area (Å²) >= 11 is 0. The van der Waals surface area contributed by atoms with Crippen LogP contribution in [-0.2, 0) is 5.41 Å². The highest BCUT2D eigenvalue weighted by molar-refractivity contribution is 6.41. The van der Waals surface area contributed by atoms with Crippen LogP contribution < -0.4 is 4.90 Å². The molecule has 0 bridgehead atoms. The van der Waals surface area contributed by atoms with E-state index in [-0.39, 0.29) is 17.3 Å². The van der Waals surface area contributed by atoms with Crippen LogP contribution in [0.3, 0.4) is 0 Å². The largest absolute Gasteiger partial charge is 0.455 e. The predicted octanol–water partition coefficient (Wildman–Crippen LogP) is 15.3. The first-order valence-electron chi connectivity index (χ1n) is 23.2. The van der Waals surface area contributed by atoms with Gasteiger partial charge in [0, 0.05) is 44.4 Å². The minimum Gasteiger partial charge on any atom is -0.455 e. The molecule has 1 heterocycles.